The third-order valence-electron chi connectivity index (χ3n) is 3.82. The first-order valence-corrected chi connectivity index (χ1v) is 13.5. The number of hydrogen-bond acceptors (Lipinski definition) is 3. The number of aryl methyl sites for hydroxylation is 3. The van der Waals surface area contributed by atoms with Gasteiger partial charge in [-0.1, -0.05) is 57.1 Å². The molecule has 25 heavy (non-hydrogen) atoms. The zero-order chi connectivity index (χ0) is 19.6. The molecule has 1 aromatic carbocycles. The van der Waals surface area contributed by atoms with Crippen LogP contribution in [0.25, 0.3) is 0 Å². The van der Waals surface area contributed by atoms with Crippen LogP contribution in [0.1, 0.15) is 30.5 Å². The largest absolute Gasteiger partial charge is 0.379 e. The van der Waals surface area contributed by atoms with Crippen LogP contribution >= 0.6 is 0 Å². The second kappa shape index (κ2) is 8.04. The van der Waals surface area contributed by atoms with Crippen molar-refractivity contribution in [3.8, 4) is 11.5 Å². The van der Waals surface area contributed by atoms with Crippen molar-refractivity contribution in [3.05, 3.63) is 28.8 Å². The molecule has 0 aromatic heterocycles. The summed E-state index contributed by atoms with van der Waals surface area (Å²) in [5.74, 6) is 2.77. The third-order valence-corrected chi connectivity index (χ3v) is 6.48. The van der Waals surface area contributed by atoms with Gasteiger partial charge in [0.25, 0.3) is 0 Å². The first-order chi connectivity index (χ1) is 11.2. The Morgan fingerprint density at radius 2 is 1.56 bits per heavy atom. The van der Waals surface area contributed by atoms with Gasteiger partial charge in [0.15, 0.2) is 0 Å². The highest BCUT2D eigenvalue weighted by molar-refractivity contribution is 7.89. The molecule has 2 atom stereocenters. The van der Waals surface area contributed by atoms with Crippen molar-refractivity contribution in [3.63, 3.8) is 0 Å². The molecule has 0 heterocycles. The van der Waals surface area contributed by atoms with Crippen molar-refractivity contribution >= 4 is 18.1 Å². The highest BCUT2D eigenvalue weighted by Gasteiger charge is 2.29. The molecule has 4 nitrogen and oxygen atoms in total. The van der Waals surface area contributed by atoms with Gasteiger partial charge in [0.2, 0.25) is 10.0 Å². The van der Waals surface area contributed by atoms with Crippen molar-refractivity contribution in [2.75, 3.05) is 0 Å². The molecule has 1 rings (SSSR count). The van der Waals surface area contributed by atoms with E-state index in [4.69, 9.17) is 0 Å². The lowest BCUT2D eigenvalue weighted by Gasteiger charge is -2.25. The summed E-state index contributed by atoms with van der Waals surface area (Å²) in [5, 5.41) is 10.5. The fourth-order valence-corrected chi connectivity index (χ4v) is 5.20. The Morgan fingerprint density at radius 3 is 1.96 bits per heavy atom. The third kappa shape index (κ3) is 6.26. The van der Waals surface area contributed by atoms with Gasteiger partial charge in [0.05, 0.1) is 10.9 Å². The van der Waals surface area contributed by atoms with Gasteiger partial charge in [-0.05, 0) is 37.8 Å². The maximum absolute atomic E-state index is 12.9. The predicted octanol–water partition coefficient (Wildman–Crippen LogP) is 3.16. The van der Waals surface area contributed by atoms with Crippen LogP contribution in [0.2, 0.25) is 19.6 Å². The van der Waals surface area contributed by atoms with Crippen LogP contribution in [-0.4, -0.2) is 33.7 Å². The van der Waals surface area contributed by atoms with E-state index in [1.807, 2.05) is 32.9 Å². The van der Waals surface area contributed by atoms with E-state index in [-0.39, 0.29) is 10.8 Å². The lowest BCUT2D eigenvalue weighted by molar-refractivity contribution is 0.167. The van der Waals surface area contributed by atoms with Crippen LogP contribution in [0.5, 0.6) is 0 Å². The normalized spacial score (nSPS) is 14.8. The summed E-state index contributed by atoms with van der Waals surface area (Å²) in [5.41, 5.74) is 5.55. The minimum absolute atomic E-state index is 0.0910. The van der Waals surface area contributed by atoms with Gasteiger partial charge in [-0.2, -0.15) is 0 Å². The molecule has 0 aliphatic rings. The molecule has 6 heteroatoms. The topological polar surface area (TPSA) is 66.4 Å². The number of hydrogen-bond donors (Lipinski definition) is 2. The number of rotatable bonds is 5. The zero-order valence-electron chi connectivity index (χ0n) is 16.6. The van der Waals surface area contributed by atoms with Crippen LogP contribution in [-0.2, 0) is 10.0 Å². The molecule has 0 spiro atoms. The van der Waals surface area contributed by atoms with Crippen molar-refractivity contribution in [2.45, 2.75) is 71.3 Å². The van der Waals surface area contributed by atoms with Crippen molar-refractivity contribution in [2.24, 2.45) is 5.92 Å². The van der Waals surface area contributed by atoms with E-state index >= 15 is 0 Å². The van der Waals surface area contributed by atoms with Gasteiger partial charge in [0, 0.05) is 0 Å². The molecule has 0 fully saturated rings. The Hall–Kier alpha value is -1.13. The Labute approximate surface area is 154 Å². The van der Waals surface area contributed by atoms with E-state index in [1.165, 1.54) is 0 Å². The van der Waals surface area contributed by atoms with Gasteiger partial charge < -0.3 is 5.11 Å². The van der Waals surface area contributed by atoms with Crippen molar-refractivity contribution in [1.82, 2.24) is 4.72 Å². The van der Waals surface area contributed by atoms with Gasteiger partial charge in [-0.3, -0.25) is 0 Å². The van der Waals surface area contributed by atoms with Crippen LogP contribution in [0.4, 0.5) is 0 Å². The van der Waals surface area contributed by atoms with Gasteiger partial charge in [-0.15, -0.1) is 5.54 Å². The van der Waals surface area contributed by atoms with Crippen LogP contribution in [0.3, 0.4) is 0 Å². The molecule has 140 valence electrons. The van der Waals surface area contributed by atoms with Gasteiger partial charge in [0.1, 0.15) is 14.2 Å². The second-order valence-electron chi connectivity index (χ2n) is 8.08. The molecule has 2 N–H and O–H groups in total. The van der Waals surface area contributed by atoms with E-state index in [0.29, 0.717) is 11.1 Å². The molecule has 1 aromatic rings. The monoisotopic (exact) mass is 381 g/mol. The minimum atomic E-state index is -3.75. The fourth-order valence-electron chi connectivity index (χ4n) is 2.77. The van der Waals surface area contributed by atoms with E-state index < -0.39 is 30.2 Å². The van der Waals surface area contributed by atoms with E-state index in [9.17, 15) is 13.5 Å². The Balaban J connectivity index is 3.23. The lowest BCUT2D eigenvalue weighted by Crippen LogP contribution is -2.46. The van der Waals surface area contributed by atoms with Crippen LogP contribution in [0, 0.1) is 38.2 Å². The fraction of sp³-hybridized carbons (Fsp3) is 0.579. The number of aliphatic hydroxyl groups is 1. The van der Waals surface area contributed by atoms with Gasteiger partial charge >= 0.3 is 0 Å². The Bertz CT molecular complexity index is 760. The molecule has 0 aliphatic heterocycles. The van der Waals surface area contributed by atoms with E-state index in [2.05, 4.69) is 35.8 Å². The number of sulfonamides is 1. The smallest absolute Gasteiger partial charge is 0.241 e. The molecular weight excluding hydrogens is 350 g/mol. The number of nitrogens with one attached hydrogen (secondary N) is 1. The van der Waals surface area contributed by atoms with Crippen molar-refractivity contribution in [1.29, 1.82) is 0 Å². The average molecular weight is 382 g/mol. The molecule has 0 aliphatic carbocycles. The van der Waals surface area contributed by atoms with Crippen LogP contribution < -0.4 is 4.72 Å². The highest BCUT2D eigenvalue weighted by atomic mass is 32.2. The quantitative estimate of drug-likeness (QED) is 0.608. The summed E-state index contributed by atoms with van der Waals surface area (Å²) in [7, 11) is -5.39. The SMILES string of the molecule is Cc1cc(C)c(S(=O)(=O)N[C@@H](C(C)C)[C@@H](O)C#C[Si](C)(C)C)c(C)c1. The maximum Gasteiger partial charge on any atom is 0.241 e. The predicted molar refractivity (Wildman–Crippen MR) is 107 cm³/mol. The zero-order valence-corrected chi connectivity index (χ0v) is 18.4. The molecular formula is C19H31NO3SSi. The summed E-state index contributed by atoms with van der Waals surface area (Å²) < 4.78 is 28.6. The number of benzene rings is 1. The number of aliphatic hydroxyl groups excluding tert-OH is 1. The van der Waals surface area contributed by atoms with Crippen LogP contribution in [0.15, 0.2) is 17.0 Å². The lowest BCUT2D eigenvalue weighted by atomic mass is 10.0. The van der Waals surface area contributed by atoms with Crippen molar-refractivity contribution < 1.29 is 13.5 Å². The summed E-state index contributed by atoms with van der Waals surface area (Å²) in [4.78, 5) is 0.286. The molecule has 0 amide bonds. The molecule has 0 saturated heterocycles. The molecule has 0 bridgehead atoms. The summed E-state index contributed by atoms with van der Waals surface area (Å²) in [6, 6.07) is 3.05. The summed E-state index contributed by atoms with van der Waals surface area (Å²) >= 11 is 0. The van der Waals surface area contributed by atoms with E-state index in [0.717, 1.165) is 5.56 Å². The average Bonchev–Trinajstić information content (AvgIpc) is 2.39. The Kier molecular flexibility index (Phi) is 7.05. The summed E-state index contributed by atoms with van der Waals surface area (Å²) in [6.07, 6.45) is -1.03. The second-order valence-corrected chi connectivity index (χ2v) is 14.5. The molecule has 0 saturated carbocycles. The minimum Gasteiger partial charge on any atom is -0.379 e. The Morgan fingerprint density at radius 1 is 1.08 bits per heavy atom. The van der Waals surface area contributed by atoms with Gasteiger partial charge in [-0.25, -0.2) is 13.1 Å². The van der Waals surface area contributed by atoms with E-state index in [1.54, 1.807) is 13.8 Å². The standard InChI is InChI=1S/C19H31NO3SSi/c1-13(2)18(17(21)9-10-25(6,7)8)20-24(22,23)19-15(4)11-14(3)12-16(19)5/h11-13,17-18,20-21H,1-8H3/t17-,18-/m0/s1. The first-order valence-electron chi connectivity index (χ1n) is 8.55. The molecule has 0 radical (unpaired) electrons. The molecule has 0 unspecified atom stereocenters. The highest BCUT2D eigenvalue weighted by Crippen LogP contribution is 2.23. The first kappa shape index (κ1) is 21.9. The maximum atomic E-state index is 12.9. The summed E-state index contributed by atoms with van der Waals surface area (Å²) in [6.45, 7) is 15.5.